The Labute approximate surface area is 156 Å². The van der Waals surface area contributed by atoms with Crippen LogP contribution in [0.2, 0.25) is 0 Å². The normalized spacial score (nSPS) is 15.0. The van der Waals surface area contributed by atoms with E-state index >= 15 is 0 Å². The van der Waals surface area contributed by atoms with Gasteiger partial charge in [0.05, 0.1) is 27.9 Å². The number of benzene rings is 1. The van der Waals surface area contributed by atoms with Crippen LogP contribution in [0.25, 0.3) is 0 Å². The van der Waals surface area contributed by atoms with Crippen molar-refractivity contribution in [2.45, 2.75) is 51.6 Å². The van der Waals surface area contributed by atoms with Crippen molar-refractivity contribution in [3.8, 4) is 17.2 Å². The van der Waals surface area contributed by atoms with E-state index in [1.807, 2.05) is 12.1 Å². The third-order valence-electron chi connectivity index (χ3n) is 5.06. The van der Waals surface area contributed by atoms with Crippen LogP contribution in [0.15, 0.2) is 12.1 Å². The second-order valence-electron chi connectivity index (χ2n) is 6.67. The molecule has 1 saturated carbocycles. The van der Waals surface area contributed by atoms with Crippen molar-refractivity contribution in [1.82, 2.24) is 10.2 Å². The Bertz CT molecular complexity index is 560. The zero-order valence-corrected chi connectivity index (χ0v) is 16.5. The lowest BCUT2D eigenvalue weighted by Crippen LogP contribution is -2.43. The largest absolute Gasteiger partial charge is 0.493 e. The molecule has 1 aliphatic rings. The molecule has 0 bridgehead atoms. The quantitative estimate of drug-likeness (QED) is 0.730. The minimum atomic E-state index is 0.0474. The molecule has 26 heavy (non-hydrogen) atoms. The van der Waals surface area contributed by atoms with Gasteiger partial charge in [-0.1, -0.05) is 26.2 Å². The van der Waals surface area contributed by atoms with Crippen molar-refractivity contribution in [2.24, 2.45) is 0 Å². The molecule has 1 aliphatic carbocycles. The van der Waals surface area contributed by atoms with Gasteiger partial charge in [0.1, 0.15) is 0 Å². The van der Waals surface area contributed by atoms with E-state index in [0.29, 0.717) is 36.4 Å². The van der Waals surface area contributed by atoms with Crippen LogP contribution < -0.4 is 19.5 Å². The predicted molar refractivity (Wildman–Crippen MR) is 102 cm³/mol. The summed E-state index contributed by atoms with van der Waals surface area (Å²) in [4.78, 5) is 14.7. The summed E-state index contributed by atoms with van der Waals surface area (Å²) in [7, 11) is 4.75. The number of rotatable bonds is 9. The summed E-state index contributed by atoms with van der Waals surface area (Å²) in [6.45, 7) is 3.91. The van der Waals surface area contributed by atoms with Gasteiger partial charge in [0.25, 0.3) is 0 Å². The molecule has 1 aromatic carbocycles. The van der Waals surface area contributed by atoms with Gasteiger partial charge in [0.15, 0.2) is 11.5 Å². The number of hydrogen-bond acceptors (Lipinski definition) is 5. The van der Waals surface area contributed by atoms with Crippen molar-refractivity contribution in [2.75, 3.05) is 34.4 Å². The number of nitrogens with one attached hydrogen (secondary N) is 1. The molecule has 1 N–H and O–H groups in total. The summed E-state index contributed by atoms with van der Waals surface area (Å²) in [5.41, 5.74) is 0.911. The van der Waals surface area contributed by atoms with Crippen molar-refractivity contribution < 1.29 is 19.0 Å². The van der Waals surface area contributed by atoms with Gasteiger partial charge in [0, 0.05) is 12.6 Å². The third-order valence-corrected chi connectivity index (χ3v) is 5.06. The highest BCUT2D eigenvalue weighted by molar-refractivity contribution is 5.78. The van der Waals surface area contributed by atoms with Crippen molar-refractivity contribution in [1.29, 1.82) is 0 Å². The van der Waals surface area contributed by atoms with Gasteiger partial charge in [-0.25, -0.2) is 0 Å². The maximum absolute atomic E-state index is 12.4. The molecule has 0 radical (unpaired) electrons. The van der Waals surface area contributed by atoms with Crippen LogP contribution in [0.5, 0.6) is 17.2 Å². The molecule has 0 aromatic heterocycles. The molecule has 146 valence electrons. The van der Waals surface area contributed by atoms with Gasteiger partial charge < -0.3 is 19.5 Å². The molecule has 6 nitrogen and oxygen atoms in total. The maximum Gasteiger partial charge on any atom is 0.234 e. The number of amides is 1. The SMILES string of the molecule is CCN(CC(=O)NCc1cc(OC)c(OC)c(OC)c1)C1CCCCC1. The van der Waals surface area contributed by atoms with E-state index < -0.39 is 0 Å². The highest BCUT2D eigenvalue weighted by Crippen LogP contribution is 2.38. The van der Waals surface area contributed by atoms with Gasteiger partial charge in [-0.3, -0.25) is 9.69 Å². The summed E-state index contributed by atoms with van der Waals surface area (Å²) >= 11 is 0. The van der Waals surface area contributed by atoms with Gasteiger partial charge in [-0.15, -0.1) is 0 Å². The Morgan fingerprint density at radius 2 is 1.69 bits per heavy atom. The monoisotopic (exact) mass is 364 g/mol. The average molecular weight is 364 g/mol. The lowest BCUT2D eigenvalue weighted by atomic mass is 9.94. The third kappa shape index (κ3) is 5.27. The molecule has 1 amide bonds. The Morgan fingerprint density at radius 3 is 2.19 bits per heavy atom. The molecule has 0 saturated heterocycles. The molecule has 0 heterocycles. The summed E-state index contributed by atoms with van der Waals surface area (Å²) in [6.07, 6.45) is 6.27. The van der Waals surface area contributed by atoms with E-state index in [9.17, 15) is 4.79 Å². The maximum atomic E-state index is 12.4. The number of nitrogens with zero attached hydrogens (tertiary/aromatic N) is 1. The van der Waals surface area contributed by atoms with E-state index in [-0.39, 0.29) is 5.91 Å². The Kier molecular flexibility index (Phi) is 8.04. The first-order valence-electron chi connectivity index (χ1n) is 9.42. The highest BCUT2D eigenvalue weighted by atomic mass is 16.5. The first-order chi connectivity index (χ1) is 12.6. The molecule has 6 heteroatoms. The number of methoxy groups -OCH3 is 3. The molecule has 0 unspecified atom stereocenters. The lowest BCUT2D eigenvalue weighted by Gasteiger charge is -2.32. The number of carbonyl (C=O) groups excluding carboxylic acids is 1. The van der Waals surface area contributed by atoms with E-state index in [1.54, 1.807) is 21.3 Å². The van der Waals surface area contributed by atoms with Crippen LogP contribution in [-0.2, 0) is 11.3 Å². The molecule has 2 rings (SSSR count). The Balaban J connectivity index is 1.95. The molecule has 1 aromatic rings. The van der Waals surface area contributed by atoms with Crippen molar-refractivity contribution in [3.05, 3.63) is 17.7 Å². The smallest absolute Gasteiger partial charge is 0.234 e. The molecular weight excluding hydrogens is 332 g/mol. The predicted octanol–water partition coefficient (Wildman–Crippen LogP) is 2.98. The van der Waals surface area contributed by atoms with Crippen LogP contribution in [0.4, 0.5) is 0 Å². The molecule has 0 spiro atoms. The number of ether oxygens (including phenoxy) is 3. The number of hydrogen-bond donors (Lipinski definition) is 1. The van der Waals surface area contributed by atoms with Crippen LogP contribution >= 0.6 is 0 Å². The Morgan fingerprint density at radius 1 is 1.08 bits per heavy atom. The second kappa shape index (κ2) is 10.3. The highest BCUT2D eigenvalue weighted by Gasteiger charge is 2.21. The van der Waals surface area contributed by atoms with Crippen molar-refractivity contribution >= 4 is 5.91 Å². The van der Waals surface area contributed by atoms with E-state index in [4.69, 9.17) is 14.2 Å². The van der Waals surface area contributed by atoms with Crippen molar-refractivity contribution in [3.63, 3.8) is 0 Å². The minimum Gasteiger partial charge on any atom is -0.493 e. The van der Waals surface area contributed by atoms with Crippen LogP contribution in [0, 0.1) is 0 Å². The van der Waals surface area contributed by atoms with Gasteiger partial charge >= 0.3 is 0 Å². The van der Waals surface area contributed by atoms with Gasteiger partial charge in [-0.05, 0) is 37.1 Å². The fourth-order valence-electron chi connectivity index (χ4n) is 3.62. The van der Waals surface area contributed by atoms with Crippen LogP contribution in [0.3, 0.4) is 0 Å². The summed E-state index contributed by atoms with van der Waals surface area (Å²) < 4.78 is 16.1. The minimum absolute atomic E-state index is 0.0474. The topological polar surface area (TPSA) is 60.0 Å². The lowest BCUT2D eigenvalue weighted by molar-refractivity contribution is -0.123. The Hall–Kier alpha value is -1.95. The van der Waals surface area contributed by atoms with Crippen LogP contribution in [-0.4, -0.2) is 51.3 Å². The van der Waals surface area contributed by atoms with Gasteiger partial charge in [-0.2, -0.15) is 0 Å². The fourth-order valence-corrected chi connectivity index (χ4v) is 3.62. The first-order valence-corrected chi connectivity index (χ1v) is 9.42. The summed E-state index contributed by atoms with van der Waals surface area (Å²) in [6, 6.07) is 4.27. The standard InChI is InChI=1S/C20H32N2O4/c1-5-22(16-9-7-6-8-10-16)14-19(23)21-13-15-11-17(24-2)20(26-4)18(12-15)25-3/h11-12,16H,5-10,13-14H2,1-4H3,(H,21,23). The molecule has 0 aliphatic heterocycles. The molecule has 0 atom stereocenters. The van der Waals surface area contributed by atoms with E-state index in [2.05, 4.69) is 17.1 Å². The number of carbonyl (C=O) groups is 1. The fraction of sp³-hybridized carbons (Fsp3) is 0.650. The molecule has 1 fully saturated rings. The average Bonchev–Trinajstić information content (AvgIpc) is 2.70. The second-order valence-corrected chi connectivity index (χ2v) is 6.67. The summed E-state index contributed by atoms with van der Waals surface area (Å²) in [5, 5.41) is 3.01. The first kappa shape index (κ1) is 20.4. The van der Waals surface area contributed by atoms with Crippen LogP contribution in [0.1, 0.15) is 44.6 Å². The summed E-state index contributed by atoms with van der Waals surface area (Å²) in [5.74, 6) is 1.78. The van der Waals surface area contributed by atoms with E-state index in [1.165, 1.54) is 32.1 Å². The zero-order valence-electron chi connectivity index (χ0n) is 16.5. The molecular formula is C20H32N2O4. The zero-order chi connectivity index (χ0) is 18.9. The van der Waals surface area contributed by atoms with E-state index in [0.717, 1.165) is 12.1 Å². The number of likely N-dealkylation sites (N-methyl/N-ethyl adjacent to an activating group) is 1. The van der Waals surface area contributed by atoms with Gasteiger partial charge in [0.2, 0.25) is 11.7 Å².